The Bertz CT molecular complexity index is 700. The van der Waals surface area contributed by atoms with Gasteiger partial charge >= 0.3 is 0 Å². The molecule has 0 fully saturated rings. The summed E-state index contributed by atoms with van der Waals surface area (Å²) in [5.41, 5.74) is 2.19. The van der Waals surface area contributed by atoms with Gasteiger partial charge in [-0.15, -0.1) is 0 Å². The molecule has 0 bridgehead atoms. The molecule has 0 aliphatic carbocycles. The van der Waals surface area contributed by atoms with E-state index in [-0.39, 0.29) is 0 Å². The van der Waals surface area contributed by atoms with Crippen molar-refractivity contribution in [3.05, 3.63) is 59.7 Å². The Balaban J connectivity index is 2.04. The van der Waals surface area contributed by atoms with Crippen LogP contribution >= 0.6 is 0 Å². The van der Waals surface area contributed by atoms with E-state index in [0.29, 0.717) is 19.2 Å². The first-order valence-corrected chi connectivity index (χ1v) is 9.00. The first-order valence-electron chi connectivity index (χ1n) is 9.00. The van der Waals surface area contributed by atoms with Crippen molar-refractivity contribution in [1.29, 1.82) is 0 Å². The summed E-state index contributed by atoms with van der Waals surface area (Å²) in [4.78, 5) is 4.62. The van der Waals surface area contributed by atoms with E-state index in [2.05, 4.69) is 36.4 Å². The molecule has 0 saturated heterocycles. The average molecular weight is 355 g/mol. The van der Waals surface area contributed by atoms with Crippen molar-refractivity contribution in [2.45, 2.75) is 40.0 Å². The molecule has 2 aromatic rings. The number of ether oxygens (including phenoxy) is 2. The fourth-order valence-electron chi connectivity index (χ4n) is 2.43. The van der Waals surface area contributed by atoms with Crippen LogP contribution in [0.4, 0.5) is 0 Å². The van der Waals surface area contributed by atoms with Crippen LogP contribution in [-0.4, -0.2) is 25.7 Å². The summed E-state index contributed by atoms with van der Waals surface area (Å²) in [6.07, 6.45) is 0. The Hall–Kier alpha value is -2.69. The predicted octanol–water partition coefficient (Wildman–Crippen LogP) is 3.74. The second-order valence-electron chi connectivity index (χ2n) is 6.25. The third kappa shape index (κ3) is 6.31. The molecule has 0 aromatic heterocycles. The van der Waals surface area contributed by atoms with Crippen molar-refractivity contribution < 1.29 is 9.47 Å². The lowest BCUT2D eigenvalue weighted by Crippen LogP contribution is -2.40. The molecule has 0 aliphatic heterocycles. The minimum Gasteiger partial charge on any atom is -0.493 e. The van der Waals surface area contributed by atoms with Gasteiger partial charge in [-0.2, -0.15) is 0 Å². The minimum atomic E-state index is 0.330. The largest absolute Gasteiger partial charge is 0.493 e. The molecule has 0 unspecified atom stereocenters. The zero-order valence-electron chi connectivity index (χ0n) is 16.1. The molecule has 2 aromatic carbocycles. The summed E-state index contributed by atoms with van der Waals surface area (Å²) < 4.78 is 11.4. The number of hydrogen-bond acceptors (Lipinski definition) is 3. The van der Waals surface area contributed by atoms with Gasteiger partial charge in [0.05, 0.1) is 13.7 Å². The molecule has 26 heavy (non-hydrogen) atoms. The number of nitrogens with one attached hydrogen (secondary N) is 2. The fourth-order valence-corrected chi connectivity index (χ4v) is 2.43. The van der Waals surface area contributed by atoms with Crippen LogP contribution in [0.25, 0.3) is 0 Å². The van der Waals surface area contributed by atoms with Crippen molar-refractivity contribution in [2.24, 2.45) is 4.99 Å². The van der Waals surface area contributed by atoms with E-state index in [1.54, 1.807) is 7.11 Å². The van der Waals surface area contributed by atoms with Crippen LogP contribution in [0.2, 0.25) is 0 Å². The van der Waals surface area contributed by atoms with Gasteiger partial charge in [-0.3, -0.25) is 0 Å². The van der Waals surface area contributed by atoms with Gasteiger partial charge in [-0.25, -0.2) is 4.99 Å². The van der Waals surface area contributed by atoms with E-state index in [0.717, 1.165) is 35.1 Å². The molecule has 5 nitrogen and oxygen atoms in total. The summed E-state index contributed by atoms with van der Waals surface area (Å²) in [6.45, 7) is 8.14. The molecule has 0 radical (unpaired) electrons. The van der Waals surface area contributed by atoms with Crippen LogP contribution in [0.5, 0.6) is 11.5 Å². The van der Waals surface area contributed by atoms with E-state index < -0.39 is 0 Å². The van der Waals surface area contributed by atoms with Gasteiger partial charge in [-0.05, 0) is 44.0 Å². The topological polar surface area (TPSA) is 54.9 Å². The third-order valence-corrected chi connectivity index (χ3v) is 3.65. The van der Waals surface area contributed by atoms with E-state index >= 15 is 0 Å². The summed E-state index contributed by atoms with van der Waals surface area (Å²) >= 11 is 0. The Morgan fingerprint density at radius 1 is 1.04 bits per heavy atom. The molecule has 0 heterocycles. The maximum atomic E-state index is 5.90. The normalized spacial score (nSPS) is 11.3. The predicted molar refractivity (Wildman–Crippen MR) is 107 cm³/mol. The van der Waals surface area contributed by atoms with Crippen LogP contribution < -0.4 is 20.1 Å². The van der Waals surface area contributed by atoms with Gasteiger partial charge in [0.1, 0.15) is 6.61 Å². The second kappa shape index (κ2) is 10.3. The maximum Gasteiger partial charge on any atom is 0.191 e. The van der Waals surface area contributed by atoms with Gasteiger partial charge in [0, 0.05) is 12.6 Å². The molecular weight excluding hydrogens is 326 g/mol. The van der Waals surface area contributed by atoms with Crippen LogP contribution in [0.3, 0.4) is 0 Å². The van der Waals surface area contributed by atoms with E-state index in [1.807, 2.05) is 48.5 Å². The van der Waals surface area contributed by atoms with Gasteiger partial charge in [0.2, 0.25) is 0 Å². The molecule has 0 aliphatic rings. The standard InChI is InChI=1S/C21H29N3O2/c1-5-22-21(24-16(2)3)23-14-18-11-12-19(20(13-18)25-4)26-15-17-9-7-6-8-10-17/h6-13,16H,5,14-15H2,1-4H3,(H2,22,23,24). The van der Waals surface area contributed by atoms with Gasteiger partial charge in [0.15, 0.2) is 17.5 Å². The SMILES string of the molecule is CCNC(=NCc1ccc(OCc2ccccc2)c(OC)c1)NC(C)C. The molecule has 0 spiro atoms. The van der Waals surface area contributed by atoms with Crippen molar-refractivity contribution >= 4 is 5.96 Å². The Morgan fingerprint density at radius 2 is 1.81 bits per heavy atom. The minimum absolute atomic E-state index is 0.330. The molecule has 2 N–H and O–H groups in total. The fraction of sp³-hybridized carbons (Fsp3) is 0.381. The molecule has 140 valence electrons. The highest BCUT2D eigenvalue weighted by Crippen LogP contribution is 2.29. The van der Waals surface area contributed by atoms with Crippen molar-refractivity contribution in [1.82, 2.24) is 10.6 Å². The number of hydrogen-bond donors (Lipinski definition) is 2. The smallest absolute Gasteiger partial charge is 0.191 e. The number of rotatable bonds is 8. The number of benzene rings is 2. The molecule has 0 amide bonds. The van der Waals surface area contributed by atoms with Crippen molar-refractivity contribution in [2.75, 3.05) is 13.7 Å². The zero-order chi connectivity index (χ0) is 18.8. The number of nitrogens with zero attached hydrogens (tertiary/aromatic N) is 1. The van der Waals surface area contributed by atoms with Crippen LogP contribution in [-0.2, 0) is 13.2 Å². The van der Waals surface area contributed by atoms with Gasteiger partial charge in [0.25, 0.3) is 0 Å². The molecule has 0 saturated carbocycles. The summed E-state index contributed by atoms with van der Waals surface area (Å²) in [5, 5.41) is 6.56. The van der Waals surface area contributed by atoms with Crippen molar-refractivity contribution in [3.63, 3.8) is 0 Å². The Morgan fingerprint density at radius 3 is 2.46 bits per heavy atom. The Labute approximate surface area is 156 Å². The lowest BCUT2D eigenvalue weighted by Gasteiger charge is -2.14. The molecular formula is C21H29N3O2. The van der Waals surface area contributed by atoms with E-state index in [1.165, 1.54) is 0 Å². The molecule has 2 rings (SSSR count). The first-order chi connectivity index (χ1) is 12.6. The monoisotopic (exact) mass is 355 g/mol. The van der Waals surface area contributed by atoms with Crippen LogP contribution in [0.15, 0.2) is 53.5 Å². The van der Waals surface area contributed by atoms with Crippen LogP contribution in [0.1, 0.15) is 31.9 Å². The molecule has 5 heteroatoms. The number of guanidine groups is 1. The lowest BCUT2D eigenvalue weighted by atomic mass is 10.2. The summed E-state index contributed by atoms with van der Waals surface area (Å²) in [7, 11) is 1.65. The van der Waals surface area contributed by atoms with Gasteiger partial charge in [-0.1, -0.05) is 36.4 Å². The number of methoxy groups -OCH3 is 1. The summed E-state index contributed by atoms with van der Waals surface area (Å²) in [6, 6.07) is 16.3. The maximum absolute atomic E-state index is 5.90. The quantitative estimate of drug-likeness (QED) is 0.559. The lowest BCUT2D eigenvalue weighted by molar-refractivity contribution is 0.284. The highest BCUT2D eigenvalue weighted by atomic mass is 16.5. The highest BCUT2D eigenvalue weighted by Gasteiger charge is 2.07. The van der Waals surface area contributed by atoms with E-state index in [9.17, 15) is 0 Å². The first kappa shape index (κ1) is 19.6. The zero-order valence-corrected chi connectivity index (χ0v) is 16.1. The average Bonchev–Trinajstić information content (AvgIpc) is 2.65. The molecule has 0 atom stereocenters. The van der Waals surface area contributed by atoms with E-state index in [4.69, 9.17) is 9.47 Å². The van der Waals surface area contributed by atoms with Crippen molar-refractivity contribution in [3.8, 4) is 11.5 Å². The third-order valence-electron chi connectivity index (χ3n) is 3.65. The van der Waals surface area contributed by atoms with Gasteiger partial charge < -0.3 is 20.1 Å². The Kier molecular flexibility index (Phi) is 7.80. The summed E-state index contributed by atoms with van der Waals surface area (Å²) in [5.74, 6) is 2.26. The second-order valence-corrected chi connectivity index (χ2v) is 6.25. The van der Waals surface area contributed by atoms with Crippen LogP contribution in [0, 0.1) is 0 Å². The highest BCUT2D eigenvalue weighted by molar-refractivity contribution is 5.80. The number of aliphatic imine (C=N–C) groups is 1.